The highest BCUT2D eigenvalue weighted by molar-refractivity contribution is 6.30. The van der Waals surface area contributed by atoms with Gasteiger partial charge in [0.1, 0.15) is 11.6 Å². The minimum Gasteiger partial charge on any atom is -0.507 e. The predicted molar refractivity (Wildman–Crippen MR) is 71.8 cm³/mol. The average molecular weight is 263 g/mol. The monoisotopic (exact) mass is 262 g/mol. The second kappa shape index (κ2) is 4.32. The van der Waals surface area contributed by atoms with Crippen molar-refractivity contribution in [3.63, 3.8) is 0 Å². The van der Waals surface area contributed by atoms with E-state index in [0.717, 1.165) is 36.5 Å². The fraction of sp³-hybridized carbons (Fsp3) is 0.357. The normalized spacial score (nSPS) is 18.7. The first-order chi connectivity index (χ1) is 8.66. The van der Waals surface area contributed by atoms with Crippen LogP contribution in [0.25, 0.3) is 11.4 Å². The molecule has 0 amide bonds. The Balaban J connectivity index is 2.17. The number of para-hydroxylation sites is 1. The van der Waals surface area contributed by atoms with Crippen molar-refractivity contribution in [3.8, 4) is 17.1 Å². The van der Waals surface area contributed by atoms with Crippen molar-refractivity contribution in [2.75, 3.05) is 0 Å². The molecule has 0 spiro atoms. The van der Waals surface area contributed by atoms with Crippen LogP contribution in [0.5, 0.6) is 5.75 Å². The SMILES string of the molecule is CC1CCc2c(Cl)nc(-c3ccccc3O)n2C1. The third kappa shape index (κ3) is 1.79. The van der Waals surface area contributed by atoms with Gasteiger partial charge in [0.25, 0.3) is 0 Å². The maximum absolute atomic E-state index is 9.94. The molecule has 4 heteroatoms. The summed E-state index contributed by atoms with van der Waals surface area (Å²) < 4.78 is 2.14. The molecule has 2 heterocycles. The summed E-state index contributed by atoms with van der Waals surface area (Å²) in [6.07, 6.45) is 2.10. The van der Waals surface area contributed by atoms with Crippen molar-refractivity contribution in [1.82, 2.24) is 9.55 Å². The fourth-order valence-electron chi connectivity index (χ4n) is 2.55. The van der Waals surface area contributed by atoms with Crippen molar-refractivity contribution in [2.24, 2.45) is 5.92 Å². The van der Waals surface area contributed by atoms with E-state index in [-0.39, 0.29) is 5.75 Å². The first kappa shape index (κ1) is 11.6. The van der Waals surface area contributed by atoms with Gasteiger partial charge in [-0.25, -0.2) is 4.98 Å². The van der Waals surface area contributed by atoms with Gasteiger partial charge >= 0.3 is 0 Å². The molecular weight excluding hydrogens is 248 g/mol. The summed E-state index contributed by atoms with van der Waals surface area (Å²) in [7, 11) is 0. The molecule has 1 N–H and O–H groups in total. The molecule has 94 valence electrons. The van der Waals surface area contributed by atoms with Crippen molar-refractivity contribution >= 4 is 11.6 Å². The Labute approximate surface area is 111 Å². The number of phenolic OH excluding ortho intramolecular Hbond substituents is 1. The molecule has 2 aromatic rings. The van der Waals surface area contributed by atoms with Gasteiger partial charge in [0.2, 0.25) is 0 Å². The predicted octanol–water partition coefficient (Wildman–Crippen LogP) is 3.49. The molecular formula is C14H15ClN2O. The number of hydrogen-bond donors (Lipinski definition) is 1. The Morgan fingerprint density at radius 2 is 2.17 bits per heavy atom. The summed E-state index contributed by atoms with van der Waals surface area (Å²) in [5, 5.41) is 10.5. The van der Waals surface area contributed by atoms with Gasteiger partial charge in [0.15, 0.2) is 5.15 Å². The Morgan fingerprint density at radius 3 is 2.94 bits per heavy atom. The molecule has 0 fully saturated rings. The number of halogens is 1. The molecule has 1 aliphatic rings. The van der Waals surface area contributed by atoms with Crippen molar-refractivity contribution in [3.05, 3.63) is 35.1 Å². The molecule has 0 bridgehead atoms. The minimum absolute atomic E-state index is 0.250. The van der Waals surface area contributed by atoms with Gasteiger partial charge in [0, 0.05) is 6.54 Å². The number of imidazole rings is 1. The number of aromatic hydroxyl groups is 1. The molecule has 3 rings (SSSR count). The standard InChI is InChI=1S/C14H15ClN2O/c1-9-6-7-11-13(15)16-14(17(11)8-9)10-4-2-3-5-12(10)18/h2-5,9,18H,6-8H2,1H3. The Kier molecular flexibility index (Phi) is 2.78. The van der Waals surface area contributed by atoms with Gasteiger partial charge < -0.3 is 9.67 Å². The maximum atomic E-state index is 9.94. The van der Waals surface area contributed by atoms with Crippen molar-refractivity contribution < 1.29 is 5.11 Å². The zero-order valence-corrected chi connectivity index (χ0v) is 11.0. The largest absolute Gasteiger partial charge is 0.507 e. The smallest absolute Gasteiger partial charge is 0.150 e. The van der Waals surface area contributed by atoms with Crippen LogP contribution in [-0.4, -0.2) is 14.7 Å². The third-order valence-electron chi connectivity index (χ3n) is 3.54. The number of aromatic nitrogens is 2. The zero-order chi connectivity index (χ0) is 12.7. The van der Waals surface area contributed by atoms with Crippen LogP contribution in [-0.2, 0) is 13.0 Å². The maximum Gasteiger partial charge on any atom is 0.150 e. The molecule has 0 saturated carbocycles. The van der Waals surface area contributed by atoms with Crippen LogP contribution in [0.2, 0.25) is 5.15 Å². The lowest BCUT2D eigenvalue weighted by Crippen LogP contribution is -2.18. The summed E-state index contributed by atoms with van der Waals surface area (Å²) in [5.41, 5.74) is 1.84. The van der Waals surface area contributed by atoms with E-state index in [9.17, 15) is 5.11 Å². The van der Waals surface area contributed by atoms with E-state index in [1.54, 1.807) is 6.07 Å². The summed E-state index contributed by atoms with van der Waals surface area (Å²) in [4.78, 5) is 4.43. The second-order valence-corrected chi connectivity index (χ2v) is 5.30. The lowest BCUT2D eigenvalue weighted by atomic mass is 10.00. The molecule has 0 saturated heterocycles. The minimum atomic E-state index is 0.250. The van der Waals surface area contributed by atoms with Crippen molar-refractivity contribution in [2.45, 2.75) is 26.3 Å². The van der Waals surface area contributed by atoms with Crippen molar-refractivity contribution in [1.29, 1.82) is 0 Å². The average Bonchev–Trinajstić information content (AvgIpc) is 2.67. The van der Waals surface area contributed by atoms with Crippen LogP contribution in [0.4, 0.5) is 0 Å². The van der Waals surface area contributed by atoms with Crippen LogP contribution < -0.4 is 0 Å². The molecule has 1 aromatic carbocycles. The summed E-state index contributed by atoms with van der Waals surface area (Å²) in [6.45, 7) is 3.14. The first-order valence-corrected chi connectivity index (χ1v) is 6.58. The summed E-state index contributed by atoms with van der Waals surface area (Å²) in [5.74, 6) is 1.65. The molecule has 0 aliphatic carbocycles. The Morgan fingerprint density at radius 1 is 1.39 bits per heavy atom. The van der Waals surface area contributed by atoms with Gasteiger partial charge in [-0.3, -0.25) is 0 Å². The number of rotatable bonds is 1. The molecule has 3 nitrogen and oxygen atoms in total. The Bertz CT molecular complexity index is 591. The highest BCUT2D eigenvalue weighted by Crippen LogP contribution is 2.35. The van der Waals surface area contributed by atoms with Gasteiger partial charge in [0.05, 0.1) is 11.3 Å². The van der Waals surface area contributed by atoms with Gasteiger partial charge in [-0.1, -0.05) is 30.7 Å². The molecule has 1 unspecified atom stereocenters. The Hall–Kier alpha value is -1.48. The van der Waals surface area contributed by atoms with Crippen LogP contribution in [0.1, 0.15) is 19.0 Å². The summed E-state index contributed by atoms with van der Waals surface area (Å²) >= 11 is 6.20. The highest BCUT2D eigenvalue weighted by atomic mass is 35.5. The number of benzene rings is 1. The molecule has 1 aliphatic heterocycles. The van der Waals surface area contributed by atoms with Crippen LogP contribution in [0, 0.1) is 5.92 Å². The van der Waals surface area contributed by atoms with E-state index in [1.165, 1.54) is 0 Å². The van der Waals surface area contributed by atoms with E-state index in [0.29, 0.717) is 11.1 Å². The number of nitrogens with zero attached hydrogens (tertiary/aromatic N) is 2. The molecule has 18 heavy (non-hydrogen) atoms. The van der Waals surface area contributed by atoms with E-state index < -0.39 is 0 Å². The van der Waals surface area contributed by atoms with Gasteiger partial charge in [-0.05, 0) is 30.9 Å². The molecule has 1 atom stereocenters. The topological polar surface area (TPSA) is 38.1 Å². The molecule has 1 aromatic heterocycles. The lowest BCUT2D eigenvalue weighted by molar-refractivity contribution is 0.401. The van der Waals surface area contributed by atoms with Crippen LogP contribution >= 0.6 is 11.6 Å². The van der Waals surface area contributed by atoms with Crippen LogP contribution in [0.3, 0.4) is 0 Å². The number of fused-ring (bicyclic) bond motifs is 1. The summed E-state index contributed by atoms with van der Waals surface area (Å²) in [6, 6.07) is 7.26. The second-order valence-electron chi connectivity index (χ2n) is 4.94. The first-order valence-electron chi connectivity index (χ1n) is 6.20. The quantitative estimate of drug-likeness (QED) is 0.854. The van der Waals surface area contributed by atoms with Gasteiger partial charge in [-0.15, -0.1) is 0 Å². The zero-order valence-electron chi connectivity index (χ0n) is 10.2. The van der Waals surface area contributed by atoms with Crippen LogP contribution in [0.15, 0.2) is 24.3 Å². The van der Waals surface area contributed by atoms with E-state index >= 15 is 0 Å². The van der Waals surface area contributed by atoms with Gasteiger partial charge in [-0.2, -0.15) is 0 Å². The lowest BCUT2D eigenvalue weighted by Gasteiger charge is -2.22. The highest BCUT2D eigenvalue weighted by Gasteiger charge is 2.24. The van der Waals surface area contributed by atoms with E-state index in [1.807, 2.05) is 18.2 Å². The number of phenols is 1. The van der Waals surface area contributed by atoms with E-state index in [2.05, 4.69) is 16.5 Å². The molecule has 0 radical (unpaired) electrons. The third-order valence-corrected chi connectivity index (χ3v) is 3.84. The van der Waals surface area contributed by atoms with E-state index in [4.69, 9.17) is 11.6 Å². The number of hydrogen-bond acceptors (Lipinski definition) is 2. The fourth-order valence-corrected chi connectivity index (χ4v) is 2.82.